The van der Waals surface area contributed by atoms with E-state index in [2.05, 4.69) is 4.72 Å². The summed E-state index contributed by atoms with van der Waals surface area (Å²) < 4.78 is 36.2. The standard InChI is InChI=1S/C19H19N3O6S/c1-12-17(18(23)22(21(12)2)14-7-5-4-6-8-14)20-29(26,27)16-11-13(19(24)25)9-10-15(16)28-3/h4-11,20H,1-3H3,(H,24,25). The molecule has 3 aromatic rings. The summed E-state index contributed by atoms with van der Waals surface area (Å²) in [4.78, 5) is 23.8. The van der Waals surface area contributed by atoms with E-state index in [-0.39, 0.29) is 21.9 Å². The fourth-order valence-corrected chi connectivity index (χ4v) is 4.21. The first-order chi connectivity index (χ1) is 13.7. The summed E-state index contributed by atoms with van der Waals surface area (Å²) in [6.45, 7) is 1.60. The first-order valence-electron chi connectivity index (χ1n) is 8.45. The van der Waals surface area contributed by atoms with Gasteiger partial charge in [-0.05, 0) is 37.3 Å². The summed E-state index contributed by atoms with van der Waals surface area (Å²) in [5, 5.41) is 9.17. The van der Waals surface area contributed by atoms with Crippen LogP contribution < -0.4 is 15.0 Å². The first kappa shape index (κ1) is 20.2. The van der Waals surface area contributed by atoms with Gasteiger partial charge in [0.1, 0.15) is 16.3 Å². The average molecular weight is 417 g/mol. The first-order valence-corrected chi connectivity index (χ1v) is 9.94. The predicted molar refractivity (Wildman–Crippen MR) is 107 cm³/mol. The van der Waals surface area contributed by atoms with Crippen LogP contribution in [0.4, 0.5) is 5.69 Å². The summed E-state index contributed by atoms with van der Waals surface area (Å²) in [5.41, 5.74) is 0.0275. The third-order valence-electron chi connectivity index (χ3n) is 4.49. The van der Waals surface area contributed by atoms with Crippen molar-refractivity contribution in [2.75, 3.05) is 11.8 Å². The Morgan fingerprint density at radius 1 is 1.14 bits per heavy atom. The lowest BCUT2D eigenvalue weighted by atomic mass is 10.2. The minimum atomic E-state index is -4.31. The third-order valence-corrected chi connectivity index (χ3v) is 5.86. The van der Waals surface area contributed by atoms with E-state index < -0.39 is 21.6 Å². The van der Waals surface area contributed by atoms with Crippen molar-refractivity contribution in [3.05, 3.63) is 70.1 Å². The topological polar surface area (TPSA) is 120 Å². The number of carbonyl (C=O) groups is 1. The van der Waals surface area contributed by atoms with Gasteiger partial charge in [-0.15, -0.1) is 0 Å². The summed E-state index contributed by atoms with van der Waals surface area (Å²) in [6.07, 6.45) is 0. The van der Waals surface area contributed by atoms with Crippen LogP contribution in [0, 0.1) is 6.92 Å². The molecule has 0 bridgehead atoms. The highest BCUT2D eigenvalue weighted by Crippen LogP contribution is 2.27. The molecule has 10 heteroatoms. The van der Waals surface area contributed by atoms with Gasteiger partial charge in [0.15, 0.2) is 0 Å². The zero-order valence-electron chi connectivity index (χ0n) is 15.9. The van der Waals surface area contributed by atoms with Crippen molar-refractivity contribution < 1.29 is 23.1 Å². The number of nitrogens with one attached hydrogen (secondary N) is 1. The quantitative estimate of drug-likeness (QED) is 0.633. The number of carboxylic acids is 1. The smallest absolute Gasteiger partial charge is 0.335 e. The van der Waals surface area contributed by atoms with Gasteiger partial charge in [-0.1, -0.05) is 18.2 Å². The van der Waals surface area contributed by atoms with E-state index in [1.165, 1.54) is 28.6 Å². The van der Waals surface area contributed by atoms with Gasteiger partial charge < -0.3 is 9.84 Å². The van der Waals surface area contributed by atoms with Crippen LogP contribution in [0.5, 0.6) is 5.75 Å². The van der Waals surface area contributed by atoms with Gasteiger partial charge in [0, 0.05) is 7.05 Å². The number of sulfonamides is 1. The normalized spacial score (nSPS) is 11.3. The van der Waals surface area contributed by atoms with E-state index in [9.17, 15) is 18.0 Å². The van der Waals surface area contributed by atoms with E-state index in [1.54, 1.807) is 44.3 Å². The van der Waals surface area contributed by atoms with E-state index >= 15 is 0 Å². The van der Waals surface area contributed by atoms with Crippen molar-refractivity contribution in [2.45, 2.75) is 11.8 Å². The Bertz CT molecular complexity index is 1240. The largest absolute Gasteiger partial charge is 0.495 e. The van der Waals surface area contributed by atoms with Crippen LogP contribution >= 0.6 is 0 Å². The number of ether oxygens (including phenoxy) is 1. The molecule has 0 aliphatic heterocycles. The maximum Gasteiger partial charge on any atom is 0.335 e. The third kappa shape index (κ3) is 3.61. The number of carboxylic acid groups (broad SMARTS) is 1. The lowest BCUT2D eigenvalue weighted by molar-refractivity contribution is 0.0696. The highest BCUT2D eigenvalue weighted by atomic mass is 32.2. The van der Waals surface area contributed by atoms with Gasteiger partial charge in [0.05, 0.1) is 24.1 Å². The lowest BCUT2D eigenvalue weighted by Crippen LogP contribution is -2.23. The van der Waals surface area contributed by atoms with E-state index in [1.807, 2.05) is 0 Å². The maximum absolute atomic E-state index is 13.0. The molecule has 0 unspecified atom stereocenters. The number of hydrogen-bond acceptors (Lipinski definition) is 5. The Hall–Kier alpha value is -3.53. The molecule has 1 heterocycles. The number of hydrogen-bond donors (Lipinski definition) is 2. The molecule has 29 heavy (non-hydrogen) atoms. The monoisotopic (exact) mass is 417 g/mol. The molecule has 0 saturated carbocycles. The lowest BCUT2D eigenvalue weighted by Gasteiger charge is -2.11. The molecule has 0 saturated heterocycles. The van der Waals surface area contributed by atoms with Gasteiger partial charge in [-0.3, -0.25) is 14.2 Å². The molecule has 3 rings (SSSR count). The highest BCUT2D eigenvalue weighted by Gasteiger charge is 2.26. The number of aromatic nitrogens is 2. The second kappa shape index (κ2) is 7.47. The van der Waals surface area contributed by atoms with Crippen LogP contribution in [0.25, 0.3) is 5.69 Å². The van der Waals surface area contributed by atoms with Crippen molar-refractivity contribution >= 4 is 21.7 Å². The van der Waals surface area contributed by atoms with E-state index in [4.69, 9.17) is 9.84 Å². The summed E-state index contributed by atoms with van der Waals surface area (Å²) in [6, 6.07) is 12.2. The van der Waals surface area contributed by atoms with Crippen LogP contribution in [-0.4, -0.2) is 36.0 Å². The number of rotatable bonds is 6. The molecular formula is C19H19N3O6S. The molecule has 2 N–H and O–H groups in total. The Labute approximate surface area is 166 Å². The predicted octanol–water partition coefficient (Wildman–Crippen LogP) is 1.99. The van der Waals surface area contributed by atoms with Crippen LogP contribution in [-0.2, 0) is 17.1 Å². The number of nitrogens with zero attached hydrogens (tertiary/aromatic N) is 2. The van der Waals surface area contributed by atoms with Crippen molar-refractivity contribution in [1.82, 2.24) is 9.36 Å². The second-order valence-electron chi connectivity index (χ2n) is 6.21. The van der Waals surface area contributed by atoms with Gasteiger partial charge in [-0.2, -0.15) is 0 Å². The molecule has 0 aliphatic rings. The molecule has 0 fully saturated rings. The van der Waals surface area contributed by atoms with Crippen molar-refractivity contribution in [1.29, 1.82) is 0 Å². The van der Waals surface area contributed by atoms with Gasteiger partial charge in [-0.25, -0.2) is 17.9 Å². The summed E-state index contributed by atoms with van der Waals surface area (Å²) >= 11 is 0. The maximum atomic E-state index is 13.0. The fourth-order valence-electron chi connectivity index (χ4n) is 2.89. The molecule has 0 atom stereocenters. The van der Waals surface area contributed by atoms with Crippen molar-refractivity contribution in [3.63, 3.8) is 0 Å². The zero-order valence-corrected chi connectivity index (χ0v) is 16.7. The van der Waals surface area contributed by atoms with Crippen LogP contribution in [0.15, 0.2) is 58.2 Å². The molecular weight excluding hydrogens is 398 g/mol. The van der Waals surface area contributed by atoms with Gasteiger partial charge >= 0.3 is 5.97 Å². The van der Waals surface area contributed by atoms with Crippen LogP contribution in [0.2, 0.25) is 0 Å². The van der Waals surface area contributed by atoms with Gasteiger partial charge in [0.25, 0.3) is 15.6 Å². The Balaban J connectivity index is 2.13. The molecule has 0 radical (unpaired) electrons. The second-order valence-corrected chi connectivity index (χ2v) is 7.86. The highest BCUT2D eigenvalue weighted by molar-refractivity contribution is 7.92. The fraction of sp³-hybridized carbons (Fsp3) is 0.158. The van der Waals surface area contributed by atoms with E-state index in [0.717, 1.165) is 6.07 Å². The Kier molecular flexibility index (Phi) is 5.21. The molecule has 152 valence electrons. The van der Waals surface area contributed by atoms with Crippen molar-refractivity contribution in [3.8, 4) is 11.4 Å². The summed E-state index contributed by atoms with van der Waals surface area (Å²) in [5.74, 6) is -1.33. The molecule has 9 nitrogen and oxygen atoms in total. The van der Waals surface area contributed by atoms with Crippen LogP contribution in [0.3, 0.4) is 0 Å². The molecule has 0 aliphatic carbocycles. The SMILES string of the molecule is COc1ccc(C(=O)O)cc1S(=O)(=O)Nc1c(C)n(C)n(-c2ccccc2)c1=O. The number of para-hydroxylation sites is 1. The Morgan fingerprint density at radius 3 is 2.38 bits per heavy atom. The summed E-state index contributed by atoms with van der Waals surface area (Å²) in [7, 11) is -1.41. The number of benzene rings is 2. The average Bonchev–Trinajstić information content (AvgIpc) is 2.91. The van der Waals surface area contributed by atoms with Crippen molar-refractivity contribution in [2.24, 2.45) is 7.05 Å². The molecule has 1 aromatic heterocycles. The number of anilines is 1. The zero-order chi connectivity index (χ0) is 21.3. The number of methoxy groups -OCH3 is 1. The molecule has 0 amide bonds. The molecule has 0 spiro atoms. The minimum Gasteiger partial charge on any atom is -0.495 e. The van der Waals surface area contributed by atoms with Gasteiger partial charge in [0.2, 0.25) is 0 Å². The van der Waals surface area contributed by atoms with E-state index in [0.29, 0.717) is 11.4 Å². The van der Waals surface area contributed by atoms with Crippen LogP contribution in [0.1, 0.15) is 16.1 Å². The molecule has 2 aromatic carbocycles. The minimum absolute atomic E-state index is 0.0422. The Morgan fingerprint density at radius 2 is 1.79 bits per heavy atom. The number of aromatic carboxylic acids is 1.